The zero-order valence-electron chi connectivity index (χ0n) is 15.4. The molecule has 1 saturated carbocycles. The Morgan fingerprint density at radius 3 is 2.54 bits per heavy atom. The number of rotatable bonds is 6. The summed E-state index contributed by atoms with van der Waals surface area (Å²) in [6.07, 6.45) is 3.18. The van der Waals surface area contributed by atoms with Gasteiger partial charge in [0.25, 0.3) is 0 Å². The minimum absolute atomic E-state index is 0.0251. The van der Waals surface area contributed by atoms with Crippen LogP contribution in [0.3, 0.4) is 0 Å². The number of hydrogen-bond donors (Lipinski definition) is 2. The number of carbonyl (C=O) groups excluding carboxylic acids is 2. The monoisotopic (exact) mass is 362 g/mol. The fraction of sp³-hybridized carbons (Fsp3) is 0.579. The molecule has 0 unspecified atom stereocenters. The standard InChI is InChI=1S/C19H27FN4O2/c1-23(2)17(25)13-24-10-8-19(9-11-24,18(26)21-15-6-7-15)22-16-5-3-4-14(20)12-16/h3-5,12,15,22H,6-11,13H2,1-2H3,(H,21,26). The van der Waals surface area contributed by atoms with Gasteiger partial charge in [0.15, 0.2) is 0 Å². The highest BCUT2D eigenvalue weighted by Gasteiger charge is 2.43. The van der Waals surface area contributed by atoms with E-state index in [-0.39, 0.29) is 23.7 Å². The molecule has 0 radical (unpaired) electrons. The highest BCUT2D eigenvalue weighted by atomic mass is 19.1. The van der Waals surface area contributed by atoms with E-state index in [2.05, 4.69) is 15.5 Å². The SMILES string of the molecule is CN(C)C(=O)CN1CCC(Nc2cccc(F)c2)(C(=O)NC2CC2)CC1. The van der Waals surface area contributed by atoms with Crippen LogP contribution in [0.4, 0.5) is 10.1 Å². The first-order valence-electron chi connectivity index (χ1n) is 9.15. The van der Waals surface area contributed by atoms with Gasteiger partial charge in [0, 0.05) is 38.9 Å². The number of amides is 2. The van der Waals surface area contributed by atoms with Gasteiger partial charge in [0.2, 0.25) is 11.8 Å². The van der Waals surface area contributed by atoms with Crippen LogP contribution in [0.5, 0.6) is 0 Å². The third-order valence-electron chi connectivity index (χ3n) is 5.12. The van der Waals surface area contributed by atoms with Crippen LogP contribution in [0.25, 0.3) is 0 Å². The molecule has 2 N–H and O–H groups in total. The number of anilines is 1. The summed E-state index contributed by atoms with van der Waals surface area (Å²) in [7, 11) is 3.48. The first kappa shape index (κ1) is 18.6. The van der Waals surface area contributed by atoms with Gasteiger partial charge in [-0.15, -0.1) is 0 Å². The predicted octanol–water partition coefficient (Wildman–Crippen LogP) is 1.44. The molecule has 1 aliphatic heterocycles. The maximum atomic E-state index is 13.6. The van der Waals surface area contributed by atoms with E-state index in [1.54, 1.807) is 31.1 Å². The van der Waals surface area contributed by atoms with E-state index in [9.17, 15) is 14.0 Å². The van der Waals surface area contributed by atoms with Gasteiger partial charge in [-0.3, -0.25) is 14.5 Å². The Balaban J connectivity index is 1.70. The second-order valence-corrected chi connectivity index (χ2v) is 7.53. The second-order valence-electron chi connectivity index (χ2n) is 7.53. The van der Waals surface area contributed by atoms with Crippen LogP contribution in [-0.2, 0) is 9.59 Å². The van der Waals surface area contributed by atoms with Crippen molar-refractivity contribution in [1.29, 1.82) is 0 Å². The number of likely N-dealkylation sites (N-methyl/N-ethyl adjacent to an activating group) is 1. The van der Waals surface area contributed by atoms with Gasteiger partial charge in [-0.1, -0.05) is 6.07 Å². The summed E-state index contributed by atoms with van der Waals surface area (Å²) >= 11 is 0. The fourth-order valence-electron chi connectivity index (χ4n) is 3.23. The van der Waals surface area contributed by atoms with Gasteiger partial charge >= 0.3 is 0 Å². The molecule has 1 saturated heterocycles. The van der Waals surface area contributed by atoms with E-state index in [0.717, 1.165) is 12.8 Å². The largest absolute Gasteiger partial charge is 0.371 e. The second kappa shape index (κ2) is 7.61. The Hall–Kier alpha value is -2.15. The third-order valence-corrected chi connectivity index (χ3v) is 5.12. The molecule has 6 nitrogen and oxygen atoms in total. The topological polar surface area (TPSA) is 64.7 Å². The smallest absolute Gasteiger partial charge is 0.245 e. The fourth-order valence-corrected chi connectivity index (χ4v) is 3.23. The van der Waals surface area contributed by atoms with E-state index < -0.39 is 5.54 Å². The third kappa shape index (κ3) is 4.52. The number of nitrogens with zero attached hydrogens (tertiary/aromatic N) is 2. The highest BCUT2D eigenvalue weighted by Crippen LogP contribution is 2.30. The number of nitrogens with one attached hydrogen (secondary N) is 2. The molecule has 7 heteroatoms. The maximum absolute atomic E-state index is 13.6. The lowest BCUT2D eigenvalue weighted by molar-refractivity contribution is -0.131. The van der Waals surface area contributed by atoms with Crippen molar-refractivity contribution >= 4 is 17.5 Å². The molecule has 26 heavy (non-hydrogen) atoms. The molecule has 0 atom stereocenters. The van der Waals surface area contributed by atoms with Crippen molar-refractivity contribution in [3.8, 4) is 0 Å². The Kier molecular flexibility index (Phi) is 5.46. The molecule has 1 aliphatic carbocycles. The van der Waals surface area contributed by atoms with Crippen molar-refractivity contribution < 1.29 is 14.0 Å². The number of halogens is 1. The molecule has 0 aromatic heterocycles. The van der Waals surface area contributed by atoms with E-state index in [4.69, 9.17) is 0 Å². The Labute approximate surface area is 153 Å². The molecular weight excluding hydrogens is 335 g/mol. The van der Waals surface area contributed by atoms with Crippen LogP contribution in [0.1, 0.15) is 25.7 Å². The van der Waals surface area contributed by atoms with Crippen LogP contribution in [0.15, 0.2) is 24.3 Å². The first-order chi connectivity index (χ1) is 12.4. The molecule has 3 rings (SSSR count). The van der Waals surface area contributed by atoms with Crippen LogP contribution in [-0.4, -0.2) is 66.9 Å². The van der Waals surface area contributed by atoms with Crippen molar-refractivity contribution in [2.75, 3.05) is 39.0 Å². The zero-order chi connectivity index (χ0) is 18.7. The molecule has 1 heterocycles. The van der Waals surface area contributed by atoms with Gasteiger partial charge in [-0.05, 0) is 43.9 Å². The Bertz CT molecular complexity index is 667. The number of carbonyl (C=O) groups is 2. The predicted molar refractivity (Wildman–Crippen MR) is 98.3 cm³/mol. The summed E-state index contributed by atoms with van der Waals surface area (Å²) in [4.78, 5) is 28.5. The van der Waals surface area contributed by atoms with Crippen molar-refractivity contribution in [2.24, 2.45) is 0 Å². The molecule has 0 spiro atoms. The summed E-state index contributed by atoms with van der Waals surface area (Å²) in [6.45, 7) is 1.63. The van der Waals surface area contributed by atoms with E-state index >= 15 is 0 Å². The summed E-state index contributed by atoms with van der Waals surface area (Å²) in [5.74, 6) is -0.303. The van der Waals surface area contributed by atoms with Crippen molar-refractivity contribution in [2.45, 2.75) is 37.3 Å². The number of benzene rings is 1. The Morgan fingerprint density at radius 2 is 1.96 bits per heavy atom. The Morgan fingerprint density at radius 1 is 1.27 bits per heavy atom. The minimum Gasteiger partial charge on any atom is -0.371 e. The lowest BCUT2D eigenvalue weighted by Gasteiger charge is -2.41. The molecule has 2 aliphatic rings. The lowest BCUT2D eigenvalue weighted by Crippen LogP contribution is -2.59. The molecule has 1 aromatic rings. The summed E-state index contributed by atoms with van der Waals surface area (Å²) in [5.41, 5.74) is -0.164. The molecular formula is C19H27FN4O2. The molecule has 142 valence electrons. The molecule has 2 fully saturated rings. The summed E-state index contributed by atoms with van der Waals surface area (Å²) in [6, 6.07) is 6.47. The van der Waals surface area contributed by atoms with Crippen LogP contribution in [0, 0.1) is 5.82 Å². The van der Waals surface area contributed by atoms with Crippen LogP contribution >= 0.6 is 0 Å². The van der Waals surface area contributed by atoms with E-state index in [1.807, 2.05) is 0 Å². The maximum Gasteiger partial charge on any atom is 0.245 e. The van der Waals surface area contributed by atoms with Crippen molar-refractivity contribution in [3.05, 3.63) is 30.1 Å². The van der Waals surface area contributed by atoms with Crippen LogP contribution < -0.4 is 10.6 Å². The summed E-state index contributed by atoms with van der Waals surface area (Å²) < 4.78 is 13.6. The quantitative estimate of drug-likeness (QED) is 0.804. The number of likely N-dealkylation sites (tertiary alicyclic amines) is 1. The number of hydrogen-bond acceptors (Lipinski definition) is 4. The van der Waals surface area contributed by atoms with Gasteiger partial charge in [0.1, 0.15) is 11.4 Å². The normalized spacial score (nSPS) is 19.7. The highest BCUT2D eigenvalue weighted by molar-refractivity contribution is 5.90. The summed E-state index contributed by atoms with van der Waals surface area (Å²) in [5, 5.41) is 6.37. The van der Waals surface area contributed by atoms with Crippen molar-refractivity contribution in [1.82, 2.24) is 15.1 Å². The average molecular weight is 362 g/mol. The van der Waals surface area contributed by atoms with Gasteiger partial charge in [-0.2, -0.15) is 0 Å². The molecule has 0 bridgehead atoms. The molecule has 2 amide bonds. The van der Waals surface area contributed by atoms with Gasteiger partial charge < -0.3 is 15.5 Å². The first-order valence-corrected chi connectivity index (χ1v) is 9.15. The lowest BCUT2D eigenvalue weighted by atomic mass is 9.85. The van der Waals surface area contributed by atoms with Gasteiger partial charge in [-0.25, -0.2) is 4.39 Å². The van der Waals surface area contributed by atoms with E-state index in [0.29, 0.717) is 38.2 Å². The van der Waals surface area contributed by atoms with E-state index in [1.165, 1.54) is 12.1 Å². The minimum atomic E-state index is -0.770. The van der Waals surface area contributed by atoms with Crippen molar-refractivity contribution in [3.63, 3.8) is 0 Å². The zero-order valence-corrected chi connectivity index (χ0v) is 15.4. The molecule has 1 aromatic carbocycles. The van der Waals surface area contributed by atoms with Crippen LogP contribution in [0.2, 0.25) is 0 Å². The average Bonchev–Trinajstić information content (AvgIpc) is 3.40. The van der Waals surface area contributed by atoms with Gasteiger partial charge in [0.05, 0.1) is 6.54 Å². The number of piperidine rings is 1.